The van der Waals surface area contributed by atoms with E-state index in [9.17, 15) is 5.11 Å². The van der Waals surface area contributed by atoms with Gasteiger partial charge >= 0.3 is 0 Å². The van der Waals surface area contributed by atoms with Crippen molar-refractivity contribution in [3.63, 3.8) is 0 Å². The van der Waals surface area contributed by atoms with Gasteiger partial charge in [-0.25, -0.2) is 0 Å². The van der Waals surface area contributed by atoms with Gasteiger partial charge in [-0.05, 0) is 30.7 Å². The molecular weight excluding hydrogens is 262 g/mol. The zero-order valence-corrected chi connectivity index (χ0v) is 12.3. The van der Waals surface area contributed by atoms with E-state index in [0.717, 1.165) is 31.0 Å². The highest BCUT2D eigenvalue weighted by Crippen LogP contribution is 2.31. The quantitative estimate of drug-likeness (QED) is 0.932. The van der Waals surface area contributed by atoms with Crippen LogP contribution in [-0.4, -0.2) is 39.7 Å². The van der Waals surface area contributed by atoms with Crippen LogP contribution in [0.15, 0.2) is 42.7 Å². The lowest BCUT2D eigenvalue weighted by atomic mass is 9.93. The summed E-state index contributed by atoms with van der Waals surface area (Å²) in [7, 11) is 0. The minimum Gasteiger partial charge on any atom is -0.396 e. The third-order valence-corrected chi connectivity index (χ3v) is 4.18. The summed E-state index contributed by atoms with van der Waals surface area (Å²) in [6.07, 6.45) is 3.74. The first-order valence-corrected chi connectivity index (χ1v) is 7.42. The number of aromatic nitrogens is 2. The molecule has 3 heterocycles. The highest BCUT2D eigenvalue weighted by atomic mass is 16.3. The first-order valence-electron chi connectivity index (χ1n) is 7.42. The normalized spacial score (nSPS) is 22.6. The van der Waals surface area contributed by atoms with Gasteiger partial charge in [-0.2, -0.15) is 0 Å². The Hall–Kier alpha value is -1.78. The van der Waals surface area contributed by atoms with Crippen LogP contribution in [0.4, 0.5) is 0 Å². The molecule has 1 aliphatic rings. The van der Waals surface area contributed by atoms with E-state index in [0.29, 0.717) is 5.92 Å². The largest absolute Gasteiger partial charge is 0.396 e. The van der Waals surface area contributed by atoms with Crippen molar-refractivity contribution in [2.75, 3.05) is 19.7 Å². The van der Waals surface area contributed by atoms with Crippen LogP contribution in [0.1, 0.15) is 22.9 Å². The topological polar surface area (TPSA) is 49.2 Å². The van der Waals surface area contributed by atoms with Crippen LogP contribution in [-0.2, 0) is 6.54 Å². The highest BCUT2D eigenvalue weighted by Gasteiger charge is 2.34. The average molecular weight is 283 g/mol. The molecule has 2 atom stereocenters. The van der Waals surface area contributed by atoms with E-state index in [1.165, 1.54) is 5.56 Å². The summed E-state index contributed by atoms with van der Waals surface area (Å²) >= 11 is 0. The van der Waals surface area contributed by atoms with Crippen molar-refractivity contribution in [2.45, 2.75) is 19.4 Å². The van der Waals surface area contributed by atoms with Crippen molar-refractivity contribution >= 4 is 0 Å². The number of rotatable bonds is 4. The number of likely N-dealkylation sites (tertiary alicyclic amines) is 1. The van der Waals surface area contributed by atoms with Gasteiger partial charge in [0, 0.05) is 56.2 Å². The van der Waals surface area contributed by atoms with Crippen molar-refractivity contribution in [3.05, 3.63) is 59.7 Å². The van der Waals surface area contributed by atoms with E-state index in [2.05, 4.69) is 33.1 Å². The molecule has 2 aromatic rings. The SMILES string of the molecule is Cc1ccc(CN2C[C@@H](CO)[C@H](c3ccccn3)C2)nc1. The van der Waals surface area contributed by atoms with E-state index in [1.807, 2.05) is 31.5 Å². The van der Waals surface area contributed by atoms with Gasteiger partial charge in [0.1, 0.15) is 0 Å². The smallest absolute Gasteiger partial charge is 0.0544 e. The van der Waals surface area contributed by atoms with E-state index in [4.69, 9.17) is 0 Å². The van der Waals surface area contributed by atoms with Crippen LogP contribution in [0.25, 0.3) is 0 Å². The second-order valence-corrected chi connectivity index (χ2v) is 5.82. The number of aryl methyl sites for hydroxylation is 1. The molecule has 4 heteroatoms. The van der Waals surface area contributed by atoms with Crippen molar-refractivity contribution in [1.29, 1.82) is 0 Å². The van der Waals surface area contributed by atoms with Gasteiger partial charge < -0.3 is 5.11 Å². The summed E-state index contributed by atoms with van der Waals surface area (Å²) in [5.41, 5.74) is 3.34. The zero-order valence-electron chi connectivity index (χ0n) is 12.3. The summed E-state index contributed by atoms with van der Waals surface area (Å²) in [5, 5.41) is 9.65. The molecule has 1 fully saturated rings. The molecule has 21 heavy (non-hydrogen) atoms. The number of pyridine rings is 2. The number of hydrogen-bond donors (Lipinski definition) is 1. The standard InChI is InChI=1S/C17H21N3O/c1-13-5-6-15(19-8-13)10-20-9-14(12-21)16(11-20)17-4-2-3-7-18-17/h2-8,14,16,21H,9-12H2,1H3/t14-,16+/m0/s1. The third-order valence-electron chi connectivity index (χ3n) is 4.18. The van der Waals surface area contributed by atoms with Crippen molar-refractivity contribution in [2.24, 2.45) is 5.92 Å². The number of aliphatic hydroxyl groups is 1. The minimum atomic E-state index is 0.207. The first kappa shape index (κ1) is 14.2. The fraction of sp³-hybridized carbons (Fsp3) is 0.412. The number of nitrogens with zero attached hydrogens (tertiary/aromatic N) is 3. The average Bonchev–Trinajstić information content (AvgIpc) is 2.93. The van der Waals surface area contributed by atoms with Gasteiger partial charge in [-0.1, -0.05) is 12.1 Å². The van der Waals surface area contributed by atoms with Crippen LogP contribution in [0, 0.1) is 12.8 Å². The molecule has 4 nitrogen and oxygen atoms in total. The maximum atomic E-state index is 9.65. The molecule has 1 N–H and O–H groups in total. The second kappa shape index (κ2) is 6.33. The highest BCUT2D eigenvalue weighted by molar-refractivity contribution is 5.16. The lowest BCUT2D eigenvalue weighted by Gasteiger charge is -2.15. The summed E-state index contributed by atoms with van der Waals surface area (Å²) in [6, 6.07) is 10.2. The van der Waals surface area contributed by atoms with Crippen LogP contribution in [0.2, 0.25) is 0 Å². The molecule has 0 saturated carbocycles. The van der Waals surface area contributed by atoms with Crippen LogP contribution in [0.3, 0.4) is 0 Å². The molecule has 2 aromatic heterocycles. The van der Waals surface area contributed by atoms with Crippen LogP contribution in [0.5, 0.6) is 0 Å². The van der Waals surface area contributed by atoms with Crippen molar-refractivity contribution < 1.29 is 5.11 Å². The lowest BCUT2D eigenvalue weighted by molar-refractivity contribution is 0.213. The van der Waals surface area contributed by atoms with Crippen molar-refractivity contribution in [3.8, 4) is 0 Å². The number of hydrogen-bond acceptors (Lipinski definition) is 4. The van der Waals surface area contributed by atoms with Gasteiger partial charge in [0.15, 0.2) is 0 Å². The molecule has 0 unspecified atom stereocenters. The maximum Gasteiger partial charge on any atom is 0.0544 e. The monoisotopic (exact) mass is 283 g/mol. The predicted octanol–water partition coefficient (Wildman–Crippen LogP) is 1.99. The summed E-state index contributed by atoms with van der Waals surface area (Å²) in [6.45, 7) is 4.91. The number of aliphatic hydroxyl groups excluding tert-OH is 1. The second-order valence-electron chi connectivity index (χ2n) is 5.82. The Morgan fingerprint density at radius 2 is 2.10 bits per heavy atom. The Morgan fingerprint density at radius 1 is 1.19 bits per heavy atom. The molecule has 0 aliphatic carbocycles. The molecule has 0 aromatic carbocycles. The van der Waals surface area contributed by atoms with E-state index in [-0.39, 0.29) is 12.5 Å². The summed E-state index contributed by atoms with van der Waals surface area (Å²) in [5.74, 6) is 0.562. The maximum absolute atomic E-state index is 9.65. The van der Waals surface area contributed by atoms with Gasteiger partial charge in [0.05, 0.1) is 5.69 Å². The fourth-order valence-electron chi connectivity index (χ4n) is 3.03. The molecule has 0 bridgehead atoms. The zero-order chi connectivity index (χ0) is 14.7. The third kappa shape index (κ3) is 3.28. The Kier molecular flexibility index (Phi) is 4.27. The lowest BCUT2D eigenvalue weighted by Crippen LogP contribution is -2.21. The van der Waals surface area contributed by atoms with Gasteiger partial charge in [-0.3, -0.25) is 14.9 Å². The summed E-state index contributed by atoms with van der Waals surface area (Å²) < 4.78 is 0. The minimum absolute atomic E-state index is 0.207. The predicted molar refractivity (Wildman–Crippen MR) is 81.8 cm³/mol. The van der Waals surface area contributed by atoms with Crippen LogP contribution >= 0.6 is 0 Å². The molecule has 3 rings (SSSR count). The summed E-state index contributed by atoms with van der Waals surface area (Å²) in [4.78, 5) is 11.3. The van der Waals surface area contributed by atoms with E-state index in [1.54, 1.807) is 0 Å². The van der Waals surface area contributed by atoms with Gasteiger partial charge in [0.2, 0.25) is 0 Å². The molecule has 0 spiro atoms. The Balaban J connectivity index is 1.70. The van der Waals surface area contributed by atoms with E-state index >= 15 is 0 Å². The molecule has 110 valence electrons. The molecule has 0 amide bonds. The molecular formula is C17H21N3O. The van der Waals surface area contributed by atoms with Crippen molar-refractivity contribution in [1.82, 2.24) is 14.9 Å². The molecule has 1 saturated heterocycles. The van der Waals surface area contributed by atoms with Gasteiger partial charge in [-0.15, -0.1) is 0 Å². The Morgan fingerprint density at radius 3 is 2.76 bits per heavy atom. The first-order chi connectivity index (χ1) is 10.3. The van der Waals surface area contributed by atoms with Gasteiger partial charge in [0.25, 0.3) is 0 Å². The van der Waals surface area contributed by atoms with E-state index < -0.39 is 0 Å². The Bertz CT molecular complexity index is 570. The molecule has 1 aliphatic heterocycles. The fourth-order valence-corrected chi connectivity index (χ4v) is 3.03. The van der Waals surface area contributed by atoms with Crippen LogP contribution < -0.4 is 0 Å². The Labute approximate surface area is 125 Å². The molecule has 0 radical (unpaired) electrons.